The van der Waals surface area contributed by atoms with Crippen molar-refractivity contribution >= 4 is 27.5 Å². The van der Waals surface area contributed by atoms with Gasteiger partial charge in [0, 0.05) is 33.1 Å². The summed E-state index contributed by atoms with van der Waals surface area (Å²) in [5, 5.41) is 0.486. The molecule has 0 aliphatic carbocycles. The van der Waals surface area contributed by atoms with E-state index in [1.54, 1.807) is 6.07 Å². The summed E-state index contributed by atoms with van der Waals surface area (Å²) in [6, 6.07) is 9.93. The Kier molecular flexibility index (Phi) is 3.71. The molecule has 2 nitrogen and oxygen atoms in total. The molecule has 0 fully saturated rings. The molecule has 1 heterocycles. The molecule has 2 aromatic rings. The Morgan fingerprint density at radius 1 is 1.20 bits per heavy atom. The maximum absolute atomic E-state index is 13.9. The van der Waals surface area contributed by atoms with E-state index in [1.165, 1.54) is 12.1 Å². The monoisotopic (exact) mass is 355 g/mol. The third kappa shape index (κ3) is 2.55. The van der Waals surface area contributed by atoms with Gasteiger partial charge >= 0.3 is 0 Å². The molecule has 20 heavy (non-hydrogen) atoms. The smallest absolute Gasteiger partial charge is 0.130 e. The van der Waals surface area contributed by atoms with Gasteiger partial charge in [0.15, 0.2) is 0 Å². The summed E-state index contributed by atoms with van der Waals surface area (Å²) in [5.74, 6) is 0.364. The minimum Gasteiger partial charge on any atom is -0.485 e. The van der Waals surface area contributed by atoms with Crippen LogP contribution in [0.15, 0.2) is 40.9 Å². The van der Waals surface area contributed by atoms with Crippen LogP contribution in [0, 0.1) is 5.82 Å². The highest BCUT2D eigenvalue weighted by Gasteiger charge is 2.29. The quantitative estimate of drug-likeness (QED) is 0.799. The number of hydrogen-bond acceptors (Lipinski definition) is 2. The van der Waals surface area contributed by atoms with E-state index in [4.69, 9.17) is 22.1 Å². The standard InChI is InChI=1S/C15H12BrClFNO/c16-8-1-4-14-11(5-8)13(19)7-15(20-14)10-6-9(17)2-3-12(10)18/h1-6,13,15H,7,19H2/t13-,15?/m1/s1. The minimum absolute atomic E-state index is 0.195. The number of halogens is 3. The van der Waals surface area contributed by atoms with Crippen LogP contribution in [0.3, 0.4) is 0 Å². The van der Waals surface area contributed by atoms with Crippen molar-refractivity contribution in [2.75, 3.05) is 0 Å². The molecule has 3 rings (SSSR count). The average Bonchev–Trinajstić information content (AvgIpc) is 2.42. The predicted octanol–water partition coefficient (Wildman–Crippen LogP) is 4.77. The maximum Gasteiger partial charge on any atom is 0.130 e. The van der Waals surface area contributed by atoms with E-state index in [0.29, 0.717) is 22.8 Å². The van der Waals surface area contributed by atoms with Crippen molar-refractivity contribution in [2.45, 2.75) is 18.6 Å². The van der Waals surface area contributed by atoms with Crippen LogP contribution in [-0.2, 0) is 0 Å². The van der Waals surface area contributed by atoms with Crippen LogP contribution in [0.1, 0.15) is 29.7 Å². The van der Waals surface area contributed by atoms with Crippen molar-refractivity contribution in [3.05, 3.63) is 62.8 Å². The topological polar surface area (TPSA) is 35.2 Å². The van der Waals surface area contributed by atoms with Crippen LogP contribution in [0.25, 0.3) is 0 Å². The maximum atomic E-state index is 13.9. The molecule has 1 aliphatic rings. The fourth-order valence-electron chi connectivity index (χ4n) is 2.43. The number of ether oxygens (including phenoxy) is 1. The molecule has 1 aliphatic heterocycles. The van der Waals surface area contributed by atoms with Crippen molar-refractivity contribution in [1.82, 2.24) is 0 Å². The summed E-state index contributed by atoms with van der Waals surface area (Å²) in [6.07, 6.45) is 0.0955. The highest BCUT2D eigenvalue weighted by molar-refractivity contribution is 9.10. The molecule has 0 saturated carbocycles. The van der Waals surface area contributed by atoms with Crippen LogP contribution in [-0.4, -0.2) is 0 Å². The molecular formula is C15H12BrClFNO. The Hall–Kier alpha value is -1.10. The molecule has 0 spiro atoms. The van der Waals surface area contributed by atoms with Crippen LogP contribution >= 0.6 is 27.5 Å². The van der Waals surface area contributed by atoms with E-state index in [2.05, 4.69) is 15.9 Å². The van der Waals surface area contributed by atoms with E-state index in [1.807, 2.05) is 18.2 Å². The van der Waals surface area contributed by atoms with E-state index >= 15 is 0 Å². The van der Waals surface area contributed by atoms with Crippen LogP contribution in [0.2, 0.25) is 5.02 Å². The Bertz CT molecular complexity index is 664. The molecule has 0 saturated heterocycles. The Morgan fingerprint density at radius 2 is 2.00 bits per heavy atom. The molecule has 0 aromatic heterocycles. The summed E-state index contributed by atoms with van der Waals surface area (Å²) in [4.78, 5) is 0. The second-order valence-electron chi connectivity index (χ2n) is 4.80. The number of nitrogens with two attached hydrogens (primary N) is 1. The molecule has 0 bridgehead atoms. The average molecular weight is 357 g/mol. The number of rotatable bonds is 1. The van der Waals surface area contributed by atoms with E-state index in [9.17, 15) is 4.39 Å². The normalized spacial score (nSPS) is 21.2. The van der Waals surface area contributed by atoms with Gasteiger partial charge in [-0.25, -0.2) is 4.39 Å². The van der Waals surface area contributed by atoms with Gasteiger partial charge in [-0.1, -0.05) is 27.5 Å². The van der Waals surface area contributed by atoms with Crippen molar-refractivity contribution in [1.29, 1.82) is 0 Å². The summed E-state index contributed by atoms with van der Waals surface area (Å²) >= 11 is 9.34. The van der Waals surface area contributed by atoms with E-state index < -0.39 is 6.10 Å². The summed E-state index contributed by atoms with van der Waals surface area (Å²) in [5.41, 5.74) is 7.55. The van der Waals surface area contributed by atoms with Gasteiger partial charge in [0.25, 0.3) is 0 Å². The van der Waals surface area contributed by atoms with E-state index in [0.717, 1.165) is 10.0 Å². The van der Waals surface area contributed by atoms with Gasteiger partial charge in [0.05, 0.1) is 0 Å². The lowest BCUT2D eigenvalue weighted by atomic mass is 9.93. The van der Waals surface area contributed by atoms with Crippen molar-refractivity contribution in [3.63, 3.8) is 0 Å². The predicted molar refractivity (Wildman–Crippen MR) is 80.5 cm³/mol. The van der Waals surface area contributed by atoms with Crippen molar-refractivity contribution in [3.8, 4) is 5.75 Å². The highest BCUT2D eigenvalue weighted by Crippen LogP contribution is 2.41. The second-order valence-corrected chi connectivity index (χ2v) is 6.15. The fraction of sp³-hybridized carbons (Fsp3) is 0.200. The van der Waals surface area contributed by atoms with Gasteiger partial charge < -0.3 is 10.5 Å². The lowest BCUT2D eigenvalue weighted by Crippen LogP contribution is -2.24. The molecule has 2 atom stereocenters. The highest BCUT2D eigenvalue weighted by atomic mass is 79.9. The van der Waals surface area contributed by atoms with Crippen molar-refractivity contribution < 1.29 is 9.13 Å². The van der Waals surface area contributed by atoms with Crippen molar-refractivity contribution in [2.24, 2.45) is 5.73 Å². The lowest BCUT2D eigenvalue weighted by Gasteiger charge is -2.31. The number of hydrogen-bond donors (Lipinski definition) is 1. The first-order valence-corrected chi connectivity index (χ1v) is 7.38. The number of benzene rings is 2. The van der Waals surface area contributed by atoms with Crippen LogP contribution in [0.5, 0.6) is 5.75 Å². The van der Waals surface area contributed by atoms with Gasteiger partial charge in [-0.2, -0.15) is 0 Å². The fourth-order valence-corrected chi connectivity index (χ4v) is 2.99. The minimum atomic E-state index is -0.419. The Balaban J connectivity index is 1.99. The second kappa shape index (κ2) is 5.35. The lowest BCUT2D eigenvalue weighted by molar-refractivity contribution is 0.157. The van der Waals surface area contributed by atoms with Gasteiger partial charge in [-0.3, -0.25) is 0 Å². The van der Waals surface area contributed by atoms with Gasteiger partial charge in [0.2, 0.25) is 0 Å². The molecule has 5 heteroatoms. The van der Waals surface area contributed by atoms with Crippen LogP contribution in [0.4, 0.5) is 4.39 Å². The van der Waals surface area contributed by atoms with Gasteiger partial charge in [-0.15, -0.1) is 0 Å². The zero-order valence-electron chi connectivity index (χ0n) is 10.4. The first-order valence-electron chi connectivity index (χ1n) is 6.21. The first-order chi connectivity index (χ1) is 9.54. The Labute approximate surface area is 129 Å². The third-order valence-electron chi connectivity index (χ3n) is 3.41. The summed E-state index contributed by atoms with van der Waals surface area (Å²) < 4.78 is 20.8. The molecule has 0 radical (unpaired) electrons. The van der Waals surface area contributed by atoms with Gasteiger partial charge in [-0.05, 0) is 36.4 Å². The number of fused-ring (bicyclic) bond motifs is 1. The SMILES string of the molecule is N[C@@H]1CC(c2cc(Cl)ccc2F)Oc2ccc(Br)cc21. The van der Waals surface area contributed by atoms with E-state index in [-0.39, 0.29) is 11.9 Å². The molecule has 0 amide bonds. The molecule has 1 unspecified atom stereocenters. The molecule has 2 aromatic carbocycles. The third-order valence-corrected chi connectivity index (χ3v) is 4.14. The van der Waals surface area contributed by atoms with Crippen LogP contribution < -0.4 is 10.5 Å². The Morgan fingerprint density at radius 3 is 2.80 bits per heavy atom. The zero-order chi connectivity index (χ0) is 14.3. The zero-order valence-corrected chi connectivity index (χ0v) is 12.8. The summed E-state index contributed by atoms with van der Waals surface area (Å²) in [6.45, 7) is 0. The first kappa shape index (κ1) is 13.9. The molecule has 104 valence electrons. The molecular weight excluding hydrogens is 345 g/mol. The van der Waals surface area contributed by atoms with Gasteiger partial charge in [0.1, 0.15) is 17.7 Å². The largest absolute Gasteiger partial charge is 0.485 e. The molecule has 2 N–H and O–H groups in total. The summed E-state index contributed by atoms with van der Waals surface area (Å²) in [7, 11) is 0.